The highest BCUT2D eigenvalue weighted by Gasteiger charge is 2.16. The molecule has 1 aromatic rings. The van der Waals surface area contributed by atoms with Crippen molar-refractivity contribution in [3.8, 4) is 5.88 Å². The molecule has 0 unspecified atom stereocenters. The molecule has 0 atom stereocenters. The van der Waals surface area contributed by atoms with Gasteiger partial charge in [-0.2, -0.15) is 0 Å². The lowest BCUT2D eigenvalue weighted by atomic mass is 10.0. The number of nitrogen functional groups attached to an aromatic ring is 1. The van der Waals surface area contributed by atoms with Crippen molar-refractivity contribution in [2.75, 3.05) is 25.6 Å². The number of hydrogen-bond acceptors (Lipinski definition) is 5. The molecule has 0 spiro atoms. The van der Waals surface area contributed by atoms with E-state index in [0.29, 0.717) is 18.4 Å². The van der Waals surface area contributed by atoms with Gasteiger partial charge in [-0.05, 0) is 24.8 Å². The summed E-state index contributed by atoms with van der Waals surface area (Å²) in [5.74, 6) is -0.309. The Hall–Kier alpha value is -1.82. The molecule has 3 N–H and O–H groups in total. The number of nitrogens with two attached hydrogens (primary N) is 1. The van der Waals surface area contributed by atoms with Gasteiger partial charge in [0.25, 0.3) is 0 Å². The van der Waals surface area contributed by atoms with E-state index in [1.807, 2.05) is 0 Å². The zero-order chi connectivity index (χ0) is 13.0. The minimum atomic E-state index is -1.05. The Morgan fingerprint density at radius 1 is 1.56 bits per heavy atom. The predicted octanol–water partition coefficient (Wildman–Crippen LogP) is 1.17. The van der Waals surface area contributed by atoms with Crippen LogP contribution in [-0.4, -0.2) is 35.9 Å². The quantitative estimate of drug-likeness (QED) is 0.835. The molecule has 1 aliphatic heterocycles. The van der Waals surface area contributed by atoms with E-state index in [4.69, 9.17) is 20.3 Å². The highest BCUT2D eigenvalue weighted by Crippen LogP contribution is 2.22. The Labute approximate surface area is 105 Å². The first kappa shape index (κ1) is 12.6. The van der Waals surface area contributed by atoms with Crippen LogP contribution in [0.5, 0.6) is 5.88 Å². The van der Waals surface area contributed by atoms with Crippen LogP contribution in [0.25, 0.3) is 0 Å². The van der Waals surface area contributed by atoms with Crippen molar-refractivity contribution in [1.29, 1.82) is 0 Å². The zero-order valence-corrected chi connectivity index (χ0v) is 9.96. The molecule has 18 heavy (non-hydrogen) atoms. The van der Waals surface area contributed by atoms with Gasteiger partial charge in [0.05, 0.1) is 17.9 Å². The SMILES string of the molecule is Nc1cc(C(=O)O)cnc1OCC1CCOCC1. The third-order valence-electron chi connectivity index (χ3n) is 2.92. The summed E-state index contributed by atoms with van der Waals surface area (Å²) < 4.78 is 10.8. The van der Waals surface area contributed by atoms with E-state index in [0.717, 1.165) is 26.1 Å². The van der Waals surface area contributed by atoms with E-state index in [-0.39, 0.29) is 11.3 Å². The van der Waals surface area contributed by atoms with E-state index in [1.54, 1.807) is 0 Å². The number of nitrogens with zero attached hydrogens (tertiary/aromatic N) is 1. The first-order valence-corrected chi connectivity index (χ1v) is 5.86. The summed E-state index contributed by atoms with van der Waals surface area (Å²) in [6, 6.07) is 1.36. The van der Waals surface area contributed by atoms with Gasteiger partial charge in [0.15, 0.2) is 0 Å². The van der Waals surface area contributed by atoms with Crippen LogP contribution in [0.2, 0.25) is 0 Å². The van der Waals surface area contributed by atoms with Crippen molar-refractivity contribution in [3.05, 3.63) is 17.8 Å². The molecule has 1 fully saturated rings. The van der Waals surface area contributed by atoms with Gasteiger partial charge in [-0.15, -0.1) is 0 Å². The van der Waals surface area contributed by atoms with Gasteiger partial charge in [-0.3, -0.25) is 0 Å². The van der Waals surface area contributed by atoms with Gasteiger partial charge in [0, 0.05) is 19.4 Å². The molecule has 0 aromatic carbocycles. The number of aromatic carboxylic acids is 1. The van der Waals surface area contributed by atoms with Crippen LogP contribution in [0.15, 0.2) is 12.3 Å². The molecule has 1 aromatic heterocycles. The highest BCUT2D eigenvalue weighted by molar-refractivity contribution is 5.88. The number of pyridine rings is 1. The summed E-state index contributed by atoms with van der Waals surface area (Å²) in [4.78, 5) is 14.6. The Bertz CT molecular complexity index is 430. The number of hydrogen-bond donors (Lipinski definition) is 2. The van der Waals surface area contributed by atoms with Crippen molar-refractivity contribution >= 4 is 11.7 Å². The van der Waals surface area contributed by atoms with Crippen LogP contribution in [-0.2, 0) is 4.74 Å². The Morgan fingerprint density at radius 2 is 2.28 bits per heavy atom. The second kappa shape index (κ2) is 5.68. The largest absolute Gasteiger partial charge is 0.478 e. The zero-order valence-electron chi connectivity index (χ0n) is 9.96. The Kier molecular flexibility index (Phi) is 3.99. The fourth-order valence-corrected chi connectivity index (χ4v) is 1.82. The molecule has 0 saturated carbocycles. The summed E-state index contributed by atoms with van der Waals surface area (Å²) in [6.07, 6.45) is 3.18. The predicted molar refractivity (Wildman–Crippen MR) is 64.6 cm³/mol. The molecule has 0 bridgehead atoms. The topological polar surface area (TPSA) is 94.7 Å². The van der Waals surface area contributed by atoms with Crippen molar-refractivity contribution in [1.82, 2.24) is 4.98 Å². The van der Waals surface area contributed by atoms with Gasteiger partial charge in [0.1, 0.15) is 0 Å². The minimum Gasteiger partial charge on any atom is -0.478 e. The second-order valence-electron chi connectivity index (χ2n) is 4.29. The highest BCUT2D eigenvalue weighted by atomic mass is 16.5. The summed E-state index contributed by atoms with van der Waals surface area (Å²) in [5.41, 5.74) is 6.01. The monoisotopic (exact) mass is 252 g/mol. The molecule has 0 aliphatic carbocycles. The first-order valence-electron chi connectivity index (χ1n) is 5.86. The number of carboxylic acids is 1. The van der Waals surface area contributed by atoms with E-state index >= 15 is 0 Å². The lowest BCUT2D eigenvalue weighted by Gasteiger charge is -2.22. The standard InChI is InChI=1S/C12H16N2O4/c13-10-5-9(12(15)16)6-14-11(10)18-7-8-1-3-17-4-2-8/h5-6,8H,1-4,7,13H2,(H,15,16). The van der Waals surface area contributed by atoms with Gasteiger partial charge in [-0.25, -0.2) is 9.78 Å². The third kappa shape index (κ3) is 3.10. The average Bonchev–Trinajstić information content (AvgIpc) is 2.38. The molecule has 6 heteroatoms. The maximum Gasteiger partial charge on any atom is 0.337 e. The van der Waals surface area contributed by atoms with Crippen molar-refractivity contribution in [3.63, 3.8) is 0 Å². The summed E-state index contributed by atoms with van der Waals surface area (Å²) in [5, 5.41) is 8.78. The maximum atomic E-state index is 10.7. The third-order valence-corrected chi connectivity index (χ3v) is 2.92. The summed E-state index contributed by atoms with van der Waals surface area (Å²) in [6.45, 7) is 2.05. The Balaban J connectivity index is 1.94. The van der Waals surface area contributed by atoms with E-state index in [1.165, 1.54) is 12.3 Å². The molecular weight excluding hydrogens is 236 g/mol. The lowest BCUT2D eigenvalue weighted by Crippen LogP contribution is -2.22. The molecule has 2 rings (SSSR count). The van der Waals surface area contributed by atoms with Crippen LogP contribution >= 0.6 is 0 Å². The fourth-order valence-electron chi connectivity index (χ4n) is 1.82. The van der Waals surface area contributed by atoms with Crippen LogP contribution in [0.4, 0.5) is 5.69 Å². The molecule has 0 radical (unpaired) electrons. The van der Waals surface area contributed by atoms with Crippen LogP contribution in [0.1, 0.15) is 23.2 Å². The molecule has 6 nitrogen and oxygen atoms in total. The van der Waals surface area contributed by atoms with Gasteiger partial charge >= 0.3 is 5.97 Å². The summed E-state index contributed by atoms with van der Waals surface area (Å²) >= 11 is 0. The van der Waals surface area contributed by atoms with E-state index in [9.17, 15) is 4.79 Å². The number of ether oxygens (including phenoxy) is 2. The van der Waals surface area contributed by atoms with E-state index < -0.39 is 5.97 Å². The van der Waals surface area contributed by atoms with Crippen molar-refractivity contribution in [2.24, 2.45) is 5.92 Å². The number of rotatable bonds is 4. The molecule has 0 amide bonds. The second-order valence-corrected chi connectivity index (χ2v) is 4.29. The van der Waals surface area contributed by atoms with E-state index in [2.05, 4.69) is 4.98 Å². The molecule has 98 valence electrons. The van der Waals surface area contributed by atoms with Gasteiger partial charge in [0.2, 0.25) is 5.88 Å². The van der Waals surface area contributed by atoms with Crippen LogP contribution in [0.3, 0.4) is 0 Å². The van der Waals surface area contributed by atoms with Crippen molar-refractivity contribution < 1.29 is 19.4 Å². The fraction of sp³-hybridized carbons (Fsp3) is 0.500. The van der Waals surface area contributed by atoms with Crippen LogP contribution in [0, 0.1) is 5.92 Å². The molecular formula is C12H16N2O4. The minimum absolute atomic E-state index is 0.0610. The lowest BCUT2D eigenvalue weighted by molar-refractivity contribution is 0.0491. The van der Waals surface area contributed by atoms with Crippen molar-refractivity contribution in [2.45, 2.75) is 12.8 Å². The van der Waals surface area contributed by atoms with Gasteiger partial charge < -0.3 is 20.3 Å². The summed E-state index contributed by atoms with van der Waals surface area (Å²) in [7, 11) is 0. The molecule has 1 saturated heterocycles. The average molecular weight is 252 g/mol. The molecule has 1 aliphatic rings. The number of carboxylic acid groups (broad SMARTS) is 1. The first-order chi connectivity index (χ1) is 8.66. The Morgan fingerprint density at radius 3 is 2.89 bits per heavy atom. The maximum absolute atomic E-state index is 10.7. The smallest absolute Gasteiger partial charge is 0.337 e. The molecule has 2 heterocycles. The number of aromatic nitrogens is 1. The van der Waals surface area contributed by atoms with Crippen LogP contribution < -0.4 is 10.5 Å². The van der Waals surface area contributed by atoms with Gasteiger partial charge in [-0.1, -0.05) is 0 Å². The number of carbonyl (C=O) groups is 1. The number of anilines is 1. The normalized spacial score (nSPS) is 16.4.